The summed E-state index contributed by atoms with van der Waals surface area (Å²) in [6, 6.07) is 12.3. The van der Waals surface area contributed by atoms with Crippen molar-refractivity contribution in [1.29, 1.82) is 0 Å². The number of rotatable bonds is 6. The van der Waals surface area contributed by atoms with Gasteiger partial charge in [0.15, 0.2) is 0 Å². The van der Waals surface area contributed by atoms with Crippen LogP contribution >= 0.6 is 0 Å². The third-order valence-corrected chi connectivity index (χ3v) is 4.53. The molecule has 1 N–H and O–H groups in total. The lowest BCUT2D eigenvalue weighted by molar-refractivity contribution is 0.0746. The van der Waals surface area contributed by atoms with Crippen molar-refractivity contribution < 1.29 is 4.79 Å². The summed E-state index contributed by atoms with van der Waals surface area (Å²) < 4.78 is 0. The topological polar surface area (TPSA) is 48.5 Å². The van der Waals surface area contributed by atoms with E-state index in [1.54, 1.807) is 12.4 Å². The van der Waals surface area contributed by atoms with Gasteiger partial charge in [-0.25, -0.2) is 0 Å². The molecule has 1 aromatic heterocycles. The molecule has 0 unspecified atom stereocenters. The second kappa shape index (κ2) is 8.51. The van der Waals surface area contributed by atoms with Gasteiger partial charge >= 0.3 is 0 Å². The number of nitrogens with zero attached hydrogens (tertiary/aromatic N) is 3. The number of hydrogen-bond acceptors (Lipinski definition) is 4. The number of unbranched alkanes of at least 4 members (excludes halogenated alkanes) is 1. The van der Waals surface area contributed by atoms with Gasteiger partial charge in [0.05, 0.1) is 11.3 Å². The highest BCUT2D eigenvalue weighted by molar-refractivity contribution is 5.95. The molecule has 132 valence electrons. The number of carbonyl (C=O) groups is 1. The largest absolute Gasteiger partial charge is 0.384 e. The maximum Gasteiger partial charge on any atom is 0.255 e. The molecule has 5 nitrogen and oxygen atoms in total. The lowest BCUT2D eigenvalue weighted by atomic mass is 10.2. The zero-order chi connectivity index (χ0) is 17.5. The summed E-state index contributed by atoms with van der Waals surface area (Å²) in [6.45, 7) is 6.26. The Morgan fingerprint density at radius 1 is 1.12 bits per heavy atom. The van der Waals surface area contributed by atoms with Gasteiger partial charge in [-0.3, -0.25) is 9.78 Å². The molecule has 3 rings (SSSR count). The van der Waals surface area contributed by atoms with E-state index in [1.807, 2.05) is 17.0 Å². The SMILES string of the molecule is CCCCNc1cncc(C(=O)N2CCN(c3ccccc3)CC2)c1. The Morgan fingerprint density at radius 3 is 2.60 bits per heavy atom. The highest BCUT2D eigenvalue weighted by atomic mass is 16.2. The Kier molecular flexibility index (Phi) is 5.88. The summed E-state index contributed by atoms with van der Waals surface area (Å²) >= 11 is 0. The molecule has 1 aliphatic heterocycles. The number of anilines is 2. The molecule has 2 heterocycles. The minimum atomic E-state index is 0.0688. The Hall–Kier alpha value is -2.56. The average Bonchev–Trinajstić information content (AvgIpc) is 2.69. The fourth-order valence-electron chi connectivity index (χ4n) is 3.05. The second-order valence-electron chi connectivity index (χ2n) is 6.36. The van der Waals surface area contributed by atoms with E-state index in [0.717, 1.165) is 51.3 Å². The summed E-state index contributed by atoms with van der Waals surface area (Å²) in [6.07, 6.45) is 5.70. The molecule has 1 aliphatic rings. The Morgan fingerprint density at radius 2 is 1.88 bits per heavy atom. The fraction of sp³-hybridized carbons (Fsp3) is 0.400. The van der Waals surface area contributed by atoms with Crippen LogP contribution in [0, 0.1) is 0 Å². The quantitative estimate of drug-likeness (QED) is 0.822. The first-order valence-corrected chi connectivity index (χ1v) is 9.06. The predicted octanol–water partition coefficient (Wildman–Crippen LogP) is 3.26. The van der Waals surface area contributed by atoms with Crippen molar-refractivity contribution in [2.75, 3.05) is 42.9 Å². The average molecular weight is 338 g/mol. The molecule has 1 aromatic carbocycles. The van der Waals surface area contributed by atoms with Gasteiger partial charge in [0.25, 0.3) is 5.91 Å². The number of carbonyl (C=O) groups excluding carboxylic acids is 1. The van der Waals surface area contributed by atoms with Crippen molar-refractivity contribution in [2.45, 2.75) is 19.8 Å². The van der Waals surface area contributed by atoms with Crippen LogP contribution < -0.4 is 10.2 Å². The molecule has 1 saturated heterocycles. The monoisotopic (exact) mass is 338 g/mol. The molecule has 2 aromatic rings. The molecule has 0 saturated carbocycles. The summed E-state index contributed by atoms with van der Waals surface area (Å²) in [7, 11) is 0. The maximum absolute atomic E-state index is 12.8. The summed E-state index contributed by atoms with van der Waals surface area (Å²) in [4.78, 5) is 21.2. The molecule has 0 radical (unpaired) electrons. The van der Waals surface area contributed by atoms with Gasteiger partial charge in [0.2, 0.25) is 0 Å². The number of amides is 1. The van der Waals surface area contributed by atoms with E-state index >= 15 is 0 Å². The van der Waals surface area contributed by atoms with Crippen LogP contribution in [0.3, 0.4) is 0 Å². The number of aromatic nitrogens is 1. The van der Waals surface area contributed by atoms with Crippen molar-refractivity contribution in [3.8, 4) is 0 Å². The molecule has 1 fully saturated rings. The fourth-order valence-corrected chi connectivity index (χ4v) is 3.05. The van der Waals surface area contributed by atoms with Crippen LogP contribution in [0.5, 0.6) is 0 Å². The van der Waals surface area contributed by atoms with E-state index in [9.17, 15) is 4.79 Å². The van der Waals surface area contributed by atoms with Crippen LogP contribution in [0.2, 0.25) is 0 Å². The third-order valence-electron chi connectivity index (χ3n) is 4.53. The summed E-state index contributed by atoms with van der Waals surface area (Å²) in [5, 5.41) is 3.33. The van der Waals surface area contributed by atoms with Gasteiger partial charge in [-0.1, -0.05) is 31.5 Å². The van der Waals surface area contributed by atoms with E-state index in [0.29, 0.717) is 5.56 Å². The maximum atomic E-state index is 12.8. The molecular weight excluding hydrogens is 312 g/mol. The van der Waals surface area contributed by atoms with Crippen LogP contribution in [0.25, 0.3) is 0 Å². The van der Waals surface area contributed by atoms with Gasteiger partial charge in [0, 0.05) is 50.8 Å². The highest BCUT2D eigenvalue weighted by Gasteiger charge is 2.22. The summed E-state index contributed by atoms with van der Waals surface area (Å²) in [5.74, 6) is 0.0688. The number of piperazine rings is 1. The van der Waals surface area contributed by atoms with Gasteiger partial charge in [-0.2, -0.15) is 0 Å². The minimum absolute atomic E-state index is 0.0688. The molecule has 25 heavy (non-hydrogen) atoms. The number of hydrogen-bond donors (Lipinski definition) is 1. The van der Waals surface area contributed by atoms with E-state index < -0.39 is 0 Å². The van der Waals surface area contributed by atoms with Crippen LogP contribution in [0.15, 0.2) is 48.8 Å². The van der Waals surface area contributed by atoms with E-state index in [-0.39, 0.29) is 5.91 Å². The van der Waals surface area contributed by atoms with Crippen molar-refractivity contribution in [2.24, 2.45) is 0 Å². The van der Waals surface area contributed by atoms with E-state index in [2.05, 4.69) is 46.4 Å². The standard InChI is InChI=1S/C20H26N4O/c1-2-3-9-22-18-14-17(15-21-16-18)20(25)24-12-10-23(11-13-24)19-7-5-4-6-8-19/h4-8,14-16,22H,2-3,9-13H2,1H3. The van der Waals surface area contributed by atoms with Gasteiger partial charge in [0.1, 0.15) is 0 Å². The van der Waals surface area contributed by atoms with Gasteiger partial charge in [-0.05, 0) is 24.6 Å². The molecule has 1 amide bonds. The van der Waals surface area contributed by atoms with E-state index in [4.69, 9.17) is 0 Å². The molecule has 5 heteroatoms. The zero-order valence-electron chi connectivity index (χ0n) is 14.8. The lowest BCUT2D eigenvalue weighted by Crippen LogP contribution is -2.48. The Balaban J connectivity index is 1.58. The number of para-hydroxylation sites is 1. The molecule has 0 aliphatic carbocycles. The second-order valence-corrected chi connectivity index (χ2v) is 6.36. The number of pyridine rings is 1. The zero-order valence-corrected chi connectivity index (χ0v) is 14.8. The minimum Gasteiger partial charge on any atom is -0.384 e. The summed E-state index contributed by atoms with van der Waals surface area (Å²) in [5.41, 5.74) is 2.80. The van der Waals surface area contributed by atoms with E-state index in [1.165, 1.54) is 5.69 Å². The Bertz CT molecular complexity index is 681. The van der Waals surface area contributed by atoms with Crippen LogP contribution in [-0.4, -0.2) is 48.5 Å². The normalized spacial score (nSPS) is 14.4. The van der Waals surface area contributed by atoms with Crippen molar-refractivity contribution in [1.82, 2.24) is 9.88 Å². The predicted molar refractivity (Wildman–Crippen MR) is 102 cm³/mol. The molecule has 0 atom stereocenters. The molecule has 0 bridgehead atoms. The first-order valence-electron chi connectivity index (χ1n) is 9.06. The van der Waals surface area contributed by atoms with Crippen LogP contribution in [0.4, 0.5) is 11.4 Å². The highest BCUT2D eigenvalue weighted by Crippen LogP contribution is 2.17. The van der Waals surface area contributed by atoms with Gasteiger partial charge < -0.3 is 15.1 Å². The third kappa shape index (κ3) is 4.50. The number of nitrogens with one attached hydrogen (secondary N) is 1. The van der Waals surface area contributed by atoms with Crippen molar-refractivity contribution >= 4 is 17.3 Å². The first-order chi connectivity index (χ1) is 12.3. The number of benzene rings is 1. The van der Waals surface area contributed by atoms with Crippen molar-refractivity contribution in [3.05, 3.63) is 54.4 Å². The molecule has 0 spiro atoms. The molecular formula is C20H26N4O. The first kappa shape index (κ1) is 17.3. The van der Waals surface area contributed by atoms with Gasteiger partial charge in [-0.15, -0.1) is 0 Å². The lowest BCUT2D eigenvalue weighted by Gasteiger charge is -2.36. The van der Waals surface area contributed by atoms with Crippen LogP contribution in [0.1, 0.15) is 30.1 Å². The smallest absolute Gasteiger partial charge is 0.255 e. The van der Waals surface area contributed by atoms with Crippen molar-refractivity contribution in [3.63, 3.8) is 0 Å². The van der Waals surface area contributed by atoms with Crippen LogP contribution in [-0.2, 0) is 0 Å². The Labute approximate surface area is 149 Å².